The van der Waals surface area contributed by atoms with E-state index in [4.69, 9.17) is 5.73 Å². The van der Waals surface area contributed by atoms with E-state index in [1.165, 1.54) is 0 Å². The average Bonchev–Trinajstić information content (AvgIpc) is 2.53. The summed E-state index contributed by atoms with van der Waals surface area (Å²) in [6.07, 6.45) is 8.98. The SMILES string of the molecule is CC1C=CC(C2=NC(N)=CC2)=CN1. The summed E-state index contributed by atoms with van der Waals surface area (Å²) in [4.78, 5) is 4.23. The Hall–Kier alpha value is -1.51. The Morgan fingerprint density at radius 3 is 3.00 bits per heavy atom. The number of aliphatic imine (C=N–C) groups is 1. The van der Waals surface area contributed by atoms with Crippen LogP contribution in [0.15, 0.2) is 40.8 Å². The molecule has 0 aromatic heterocycles. The summed E-state index contributed by atoms with van der Waals surface area (Å²) in [5.41, 5.74) is 7.74. The van der Waals surface area contributed by atoms with E-state index < -0.39 is 0 Å². The van der Waals surface area contributed by atoms with Crippen molar-refractivity contribution in [3.05, 3.63) is 35.8 Å². The van der Waals surface area contributed by atoms with E-state index in [1.54, 1.807) is 0 Å². The van der Waals surface area contributed by atoms with Gasteiger partial charge < -0.3 is 11.1 Å². The number of rotatable bonds is 1. The van der Waals surface area contributed by atoms with Gasteiger partial charge in [-0.05, 0) is 13.0 Å². The molecule has 1 unspecified atom stereocenters. The van der Waals surface area contributed by atoms with Crippen molar-refractivity contribution >= 4 is 5.71 Å². The number of dihydropyridines is 1. The molecule has 3 N–H and O–H groups in total. The van der Waals surface area contributed by atoms with Gasteiger partial charge in [0.1, 0.15) is 5.82 Å². The lowest BCUT2D eigenvalue weighted by atomic mass is 10.1. The van der Waals surface area contributed by atoms with Gasteiger partial charge in [0, 0.05) is 24.2 Å². The van der Waals surface area contributed by atoms with E-state index in [0.29, 0.717) is 11.9 Å². The van der Waals surface area contributed by atoms with Crippen molar-refractivity contribution in [2.24, 2.45) is 10.7 Å². The molecule has 2 heterocycles. The van der Waals surface area contributed by atoms with Crippen LogP contribution in [0.2, 0.25) is 0 Å². The maximum Gasteiger partial charge on any atom is 0.119 e. The van der Waals surface area contributed by atoms with Crippen molar-refractivity contribution < 1.29 is 0 Å². The molecule has 0 fully saturated rings. The quantitative estimate of drug-likeness (QED) is 0.626. The first-order chi connectivity index (χ1) is 6.25. The Morgan fingerprint density at radius 2 is 2.46 bits per heavy atom. The van der Waals surface area contributed by atoms with Crippen LogP contribution < -0.4 is 11.1 Å². The second-order valence-electron chi connectivity index (χ2n) is 3.31. The van der Waals surface area contributed by atoms with Crippen molar-refractivity contribution in [2.75, 3.05) is 0 Å². The predicted octanol–water partition coefficient (Wildman–Crippen LogP) is 1.06. The van der Waals surface area contributed by atoms with Gasteiger partial charge in [-0.25, -0.2) is 4.99 Å². The first-order valence-electron chi connectivity index (χ1n) is 4.44. The van der Waals surface area contributed by atoms with E-state index in [1.807, 2.05) is 12.3 Å². The van der Waals surface area contributed by atoms with Crippen LogP contribution in [0.5, 0.6) is 0 Å². The topological polar surface area (TPSA) is 50.4 Å². The molecule has 0 saturated carbocycles. The average molecular weight is 175 g/mol. The minimum atomic E-state index is 0.413. The summed E-state index contributed by atoms with van der Waals surface area (Å²) in [5.74, 6) is 0.628. The van der Waals surface area contributed by atoms with Crippen LogP contribution in [-0.4, -0.2) is 11.8 Å². The van der Waals surface area contributed by atoms with Gasteiger partial charge in [0.15, 0.2) is 0 Å². The van der Waals surface area contributed by atoms with Crippen molar-refractivity contribution in [2.45, 2.75) is 19.4 Å². The van der Waals surface area contributed by atoms with E-state index >= 15 is 0 Å². The highest BCUT2D eigenvalue weighted by Crippen LogP contribution is 2.15. The zero-order valence-corrected chi connectivity index (χ0v) is 7.62. The fraction of sp³-hybridized carbons (Fsp3) is 0.300. The standard InChI is InChI=1S/C10H13N3/c1-7-2-3-8(6-12-7)9-4-5-10(11)13-9/h2-3,5-7,12H,4,11H2,1H3. The smallest absolute Gasteiger partial charge is 0.119 e. The summed E-state index contributed by atoms with van der Waals surface area (Å²) >= 11 is 0. The maximum atomic E-state index is 5.56. The van der Waals surface area contributed by atoms with Crippen molar-refractivity contribution in [1.82, 2.24) is 5.32 Å². The van der Waals surface area contributed by atoms with Crippen LogP contribution >= 0.6 is 0 Å². The largest absolute Gasteiger partial charge is 0.384 e. The Morgan fingerprint density at radius 1 is 1.62 bits per heavy atom. The molecular formula is C10H13N3. The molecule has 0 saturated heterocycles. The monoisotopic (exact) mass is 175 g/mol. The highest BCUT2D eigenvalue weighted by atomic mass is 14.9. The number of allylic oxidation sites excluding steroid dienone is 3. The zero-order valence-electron chi connectivity index (χ0n) is 7.62. The van der Waals surface area contributed by atoms with Crippen LogP contribution in [0.1, 0.15) is 13.3 Å². The third-order valence-electron chi connectivity index (χ3n) is 2.17. The molecule has 0 amide bonds. The van der Waals surface area contributed by atoms with Crippen molar-refractivity contribution in [3.8, 4) is 0 Å². The summed E-state index contributed by atoms with van der Waals surface area (Å²) in [7, 11) is 0. The lowest BCUT2D eigenvalue weighted by Gasteiger charge is -2.14. The second-order valence-corrected chi connectivity index (χ2v) is 3.31. The highest BCUT2D eigenvalue weighted by Gasteiger charge is 2.11. The summed E-state index contributed by atoms with van der Waals surface area (Å²) < 4.78 is 0. The molecular weight excluding hydrogens is 162 g/mol. The molecule has 13 heavy (non-hydrogen) atoms. The molecule has 0 bridgehead atoms. The van der Waals surface area contributed by atoms with Gasteiger partial charge in [-0.3, -0.25) is 0 Å². The molecule has 3 nitrogen and oxygen atoms in total. The van der Waals surface area contributed by atoms with E-state index in [-0.39, 0.29) is 0 Å². The molecule has 0 aromatic carbocycles. The first-order valence-corrected chi connectivity index (χ1v) is 4.44. The van der Waals surface area contributed by atoms with Crippen molar-refractivity contribution in [1.29, 1.82) is 0 Å². The second kappa shape index (κ2) is 3.09. The molecule has 2 aliphatic heterocycles. The van der Waals surface area contributed by atoms with Gasteiger partial charge in [0.25, 0.3) is 0 Å². The third-order valence-corrected chi connectivity index (χ3v) is 2.17. The number of nitrogens with one attached hydrogen (secondary N) is 1. The zero-order chi connectivity index (χ0) is 9.26. The van der Waals surface area contributed by atoms with Crippen LogP contribution in [0.4, 0.5) is 0 Å². The summed E-state index contributed by atoms with van der Waals surface area (Å²) in [6.45, 7) is 2.10. The van der Waals surface area contributed by atoms with Gasteiger partial charge >= 0.3 is 0 Å². The third kappa shape index (κ3) is 1.64. The molecule has 0 radical (unpaired) electrons. The molecule has 2 aliphatic rings. The Kier molecular flexibility index (Phi) is 1.93. The van der Waals surface area contributed by atoms with Crippen molar-refractivity contribution in [3.63, 3.8) is 0 Å². The normalized spacial score (nSPS) is 26.2. The van der Waals surface area contributed by atoms with E-state index in [9.17, 15) is 0 Å². The molecule has 68 valence electrons. The number of nitrogens with two attached hydrogens (primary N) is 1. The number of hydrogen-bond donors (Lipinski definition) is 2. The van der Waals surface area contributed by atoms with Gasteiger partial charge in [0.2, 0.25) is 0 Å². The Bertz CT molecular complexity index is 334. The first kappa shape index (κ1) is 8.10. The Labute approximate surface area is 77.7 Å². The highest BCUT2D eigenvalue weighted by molar-refractivity contribution is 6.05. The number of hydrogen-bond acceptors (Lipinski definition) is 3. The lowest BCUT2D eigenvalue weighted by Crippen LogP contribution is -2.22. The molecule has 0 spiro atoms. The number of nitrogens with zero attached hydrogens (tertiary/aromatic N) is 1. The van der Waals surface area contributed by atoms with E-state index in [2.05, 4.69) is 29.4 Å². The van der Waals surface area contributed by atoms with Crippen LogP contribution in [0.3, 0.4) is 0 Å². The van der Waals surface area contributed by atoms with Crippen LogP contribution in [0, 0.1) is 0 Å². The molecule has 1 atom stereocenters. The van der Waals surface area contributed by atoms with Crippen LogP contribution in [-0.2, 0) is 0 Å². The van der Waals surface area contributed by atoms with E-state index in [0.717, 1.165) is 17.7 Å². The van der Waals surface area contributed by atoms with Gasteiger partial charge in [0.05, 0.1) is 5.71 Å². The summed E-state index contributed by atoms with van der Waals surface area (Å²) in [5, 5.41) is 3.23. The maximum absolute atomic E-state index is 5.56. The van der Waals surface area contributed by atoms with Gasteiger partial charge in [-0.2, -0.15) is 0 Å². The minimum absolute atomic E-state index is 0.413. The fourth-order valence-electron chi connectivity index (χ4n) is 1.38. The lowest BCUT2D eigenvalue weighted by molar-refractivity contribution is 0.757. The minimum Gasteiger partial charge on any atom is -0.384 e. The predicted molar refractivity (Wildman–Crippen MR) is 54.1 cm³/mol. The fourth-order valence-corrected chi connectivity index (χ4v) is 1.38. The van der Waals surface area contributed by atoms with Gasteiger partial charge in [-0.1, -0.05) is 12.2 Å². The Balaban J connectivity index is 2.13. The molecule has 0 aromatic rings. The summed E-state index contributed by atoms with van der Waals surface area (Å²) in [6, 6.07) is 0.413. The van der Waals surface area contributed by atoms with Gasteiger partial charge in [-0.15, -0.1) is 0 Å². The molecule has 0 aliphatic carbocycles. The molecule has 3 heteroatoms. The van der Waals surface area contributed by atoms with Crippen LogP contribution in [0.25, 0.3) is 0 Å². The molecule has 2 rings (SSSR count).